The number of amides is 2. The Labute approximate surface area is 154 Å². The quantitative estimate of drug-likeness (QED) is 0.722. The monoisotopic (exact) mass is 360 g/mol. The van der Waals surface area contributed by atoms with Crippen LogP contribution in [0.2, 0.25) is 0 Å². The first-order valence-corrected chi connectivity index (χ1v) is 9.50. The molecule has 0 unspecified atom stereocenters. The van der Waals surface area contributed by atoms with Gasteiger partial charge in [0.15, 0.2) is 0 Å². The highest BCUT2D eigenvalue weighted by atomic mass is 16.5. The van der Waals surface area contributed by atoms with Crippen LogP contribution in [-0.2, 0) is 9.53 Å². The molecule has 142 valence electrons. The third-order valence-corrected chi connectivity index (χ3v) is 4.91. The maximum absolute atomic E-state index is 12.1. The molecule has 2 fully saturated rings. The van der Waals surface area contributed by atoms with Gasteiger partial charge in [-0.3, -0.25) is 9.59 Å². The molecule has 1 saturated heterocycles. The van der Waals surface area contributed by atoms with Crippen molar-refractivity contribution in [1.82, 2.24) is 10.2 Å². The average Bonchev–Trinajstić information content (AvgIpc) is 3.51. The number of rotatable bonds is 8. The summed E-state index contributed by atoms with van der Waals surface area (Å²) in [5.74, 6) is 1.30. The summed E-state index contributed by atoms with van der Waals surface area (Å²) in [5.41, 5.74) is 0.625. The highest BCUT2D eigenvalue weighted by Crippen LogP contribution is 2.32. The van der Waals surface area contributed by atoms with Gasteiger partial charge < -0.3 is 19.7 Å². The number of likely N-dealkylation sites (tertiary alicyclic amines) is 1. The zero-order valence-electron chi connectivity index (χ0n) is 15.4. The molecule has 1 aromatic carbocycles. The van der Waals surface area contributed by atoms with E-state index in [4.69, 9.17) is 9.47 Å². The van der Waals surface area contributed by atoms with Crippen LogP contribution >= 0.6 is 0 Å². The Bertz CT molecular complexity index is 605. The topological polar surface area (TPSA) is 67.9 Å². The van der Waals surface area contributed by atoms with E-state index in [2.05, 4.69) is 5.32 Å². The van der Waals surface area contributed by atoms with E-state index >= 15 is 0 Å². The molecule has 2 amide bonds. The van der Waals surface area contributed by atoms with Crippen LogP contribution in [0.25, 0.3) is 0 Å². The van der Waals surface area contributed by atoms with Crippen LogP contribution in [0, 0.1) is 5.92 Å². The third-order valence-electron chi connectivity index (χ3n) is 4.91. The predicted molar refractivity (Wildman–Crippen MR) is 98.2 cm³/mol. The van der Waals surface area contributed by atoms with E-state index in [1.165, 1.54) is 0 Å². The van der Waals surface area contributed by atoms with E-state index in [-0.39, 0.29) is 12.0 Å². The second-order valence-corrected chi connectivity index (χ2v) is 7.04. The van der Waals surface area contributed by atoms with Gasteiger partial charge in [0.05, 0.1) is 0 Å². The van der Waals surface area contributed by atoms with Crippen LogP contribution in [0.4, 0.5) is 0 Å². The molecule has 1 saturated carbocycles. The van der Waals surface area contributed by atoms with Crippen molar-refractivity contribution in [3.05, 3.63) is 29.8 Å². The third kappa shape index (κ3) is 5.21. The van der Waals surface area contributed by atoms with E-state index in [0.29, 0.717) is 30.5 Å². The minimum Gasteiger partial charge on any atom is -0.490 e. The molecule has 1 aromatic rings. The lowest BCUT2D eigenvalue weighted by Gasteiger charge is -2.32. The molecular weight excluding hydrogens is 332 g/mol. The summed E-state index contributed by atoms with van der Waals surface area (Å²) >= 11 is 0. The Morgan fingerprint density at radius 3 is 2.42 bits per heavy atom. The summed E-state index contributed by atoms with van der Waals surface area (Å²) in [6, 6.07) is 7.25. The molecule has 3 rings (SSSR count). The molecule has 0 aromatic heterocycles. The summed E-state index contributed by atoms with van der Waals surface area (Å²) in [6.07, 6.45) is 4.77. The lowest BCUT2D eigenvalue weighted by atomic mass is 10.1. The maximum Gasteiger partial charge on any atom is 0.251 e. The summed E-state index contributed by atoms with van der Waals surface area (Å²) in [6.45, 7) is 2.80. The number of nitrogens with one attached hydrogen (secondary N) is 1. The highest BCUT2D eigenvalue weighted by Gasteiger charge is 2.35. The number of hydrogen-bond acceptors (Lipinski definition) is 4. The van der Waals surface area contributed by atoms with Crippen molar-refractivity contribution in [3.63, 3.8) is 0 Å². The lowest BCUT2D eigenvalue weighted by Crippen LogP contribution is -2.42. The second-order valence-electron chi connectivity index (χ2n) is 7.04. The first kappa shape index (κ1) is 18.7. The van der Waals surface area contributed by atoms with Gasteiger partial charge in [-0.1, -0.05) is 0 Å². The molecule has 0 atom stereocenters. The number of methoxy groups -OCH3 is 1. The fourth-order valence-electron chi connectivity index (χ4n) is 3.18. The number of carbonyl (C=O) groups excluding carboxylic acids is 2. The molecule has 0 radical (unpaired) electrons. The molecule has 2 aliphatic rings. The van der Waals surface area contributed by atoms with E-state index in [1.54, 1.807) is 19.2 Å². The summed E-state index contributed by atoms with van der Waals surface area (Å²) < 4.78 is 11.0. The minimum absolute atomic E-state index is 0.0838. The number of nitrogens with zero attached hydrogens (tertiary/aromatic N) is 1. The van der Waals surface area contributed by atoms with Gasteiger partial charge in [0.25, 0.3) is 5.91 Å². The Morgan fingerprint density at radius 2 is 1.81 bits per heavy atom. The molecule has 1 aliphatic heterocycles. The Kier molecular flexibility index (Phi) is 6.50. The molecule has 1 aliphatic carbocycles. The maximum atomic E-state index is 12.1. The van der Waals surface area contributed by atoms with Crippen LogP contribution in [0.1, 0.15) is 42.5 Å². The number of hydrogen-bond donors (Lipinski definition) is 1. The Hall–Kier alpha value is -2.08. The van der Waals surface area contributed by atoms with Gasteiger partial charge in [0.2, 0.25) is 5.91 Å². The summed E-state index contributed by atoms with van der Waals surface area (Å²) in [7, 11) is 1.65. The number of piperidine rings is 1. The number of carbonyl (C=O) groups is 2. The highest BCUT2D eigenvalue weighted by molar-refractivity contribution is 5.94. The fourth-order valence-corrected chi connectivity index (χ4v) is 3.18. The van der Waals surface area contributed by atoms with Crippen molar-refractivity contribution < 1.29 is 19.1 Å². The van der Waals surface area contributed by atoms with E-state index in [1.807, 2.05) is 17.0 Å². The molecule has 6 heteroatoms. The molecule has 1 heterocycles. The van der Waals surface area contributed by atoms with E-state index in [9.17, 15) is 9.59 Å². The van der Waals surface area contributed by atoms with Gasteiger partial charge in [-0.05, 0) is 43.5 Å². The van der Waals surface area contributed by atoms with Gasteiger partial charge in [-0.25, -0.2) is 0 Å². The van der Waals surface area contributed by atoms with Gasteiger partial charge in [-0.15, -0.1) is 0 Å². The normalized spacial score (nSPS) is 17.8. The van der Waals surface area contributed by atoms with Crippen molar-refractivity contribution in [2.75, 3.05) is 33.4 Å². The zero-order valence-corrected chi connectivity index (χ0v) is 15.4. The molecule has 0 spiro atoms. The molecule has 0 bridgehead atoms. The smallest absolute Gasteiger partial charge is 0.251 e. The zero-order chi connectivity index (χ0) is 18.4. The molecule has 6 nitrogen and oxygen atoms in total. The van der Waals surface area contributed by atoms with Crippen molar-refractivity contribution in [1.29, 1.82) is 0 Å². The van der Waals surface area contributed by atoms with Gasteiger partial charge in [-0.2, -0.15) is 0 Å². The van der Waals surface area contributed by atoms with Crippen LogP contribution < -0.4 is 10.1 Å². The summed E-state index contributed by atoms with van der Waals surface area (Å²) in [5, 5.41) is 2.87. The SMILES string of the molecule is COCCCNC(=O)c1ccc(OC2CCN(C(=O)C3CC3)CC2)cc1. The number of ether oxygens (including phenoxy) is 2. The van der Waals surface area contributed by atoms with Crippen molar-refractivity contribution in [3.8, 4) is 5.75 Å². The van der Waals surface area contributed by atoms with Gasteiger partial charge >= 0.3 is 0 Å². The first-order chi connectivity index (χ1) is 12.7. The Balaban J connectivity index is 1.41. The average molecular weight is 360 g/mol. The van der Waals surface area contributed by atoms with Crippen LogP contribution in [0.15, 0.2) is 24.3 Å². The predicted octanol–water partition coefficient (Wildman–Crippen LogP) is 2.23. The molecular formula is C20H28N2O4. The largest absolute Gasteiger partial charge is 0.490 e. The Morgan fingerprint density at radius 1 is 1.12 bits per heavy atom. The second kappa shape index (κ2) is 9.03. The summed E-state index contributed by atoms with van der Waals surface area (Å²) in [4.78, 5) is 26.1. The fraction of sp³-hybridized carbons (Fsp3) is 0.600. The molecule has 26 heavy (non-hydrogen) atoms. The standard InChI is InChI=1S/C20H28N2O4/c1-25-14-2-11-21-19(23)15-5-7-17(8-6-15)26-18-9-12-22(13-10-18)20(24)16-3-4-16/h5-8,16,18H,2-4,9-14H2,1H3,(H,21,23). The van der Waals surface area contributed by atoms with Crippen molar-refractivity contribution in [2.45, 2.75) is 38.2 Å². The number of benzene rings is 1. The molecule has 1 N–H and O–H groups in total. The van der Waals surface area contributed by atoms with Gasteiger partial charge in [0.1, 0.15) is 11.9 Å². The van der Waals surface area contributed by atoms with Crippen molar-refractivity contribution >= 4 is 11.8 Å². The van der Waals surface area contributed by atoms with Crippen molar-refractivity contribution in [2.24, 2.45) is 5.92 Å². The van der Waals surface area contributed by atoms with Gasteiger partial charge in [0, 0.05) is 57.7 Å². The van der Waals surface area contributed by atoms with Crippen LogP contribution in [-0.4, -0.2) is 56.2 Å². The lowest BCUT2D eigenvalue weighted by molar-refractivity contribution is -0.134. The van der Waals surface area contributed by atoms with E-state index in [0.717, 1.165) is 50.9 Å². The van der Waals surface area contributed by atoms with Crippen LogP contribution in [0.3, 0.4) is 0 Å². The van der Waals surface area contributed by atoms with Crippen LogP contribution in [0.5, 0.6) is 5.75 Å². The first-order valence-electron chi connectivity index (χ1n) is 9.50. The van der Waals surface area contributed by atoms with E-state index < -0.39 is 0 Å². The minimum atomic E-state index is -0.0838.